The van der Waals surface area contributed by atoms with Crippen LogP contribution in [0.15, 0.2) is 29.2 Å². The summed E-state index contributed by atoms with van der Waals surface area (Å²) in [5.74, 6) is 2.09. The highest BCUT2D eigenvalue weighted by Crippen LogP contribution is 2.32. The fourth-order valence-corrected chi connectivity index (χ4v) is 2.79. The van der Waals surface area contributed by atoms with Gasteiger partial charge in [0, 0.05) is 16.7 Å². The number of thioether (sulfide) groups is 1. The Hall–Kier alpha value is -1.53. The van der Waals surface area contributed by atoms with Crippen LogP contribution in [0.5, 0.6) is 11.6 Å². The second kappa shape index (κ2) is 6.08. The molecule has 0 radical (unpaired) electrons. The SMILES string of the molecule is CCSc1cccc(Oc2cc(C)[nH]n2)c1C(N)=S. The van der Waals surface area contributed by atoms with Crippen LogP contribution in [0.25, 0.3) is 0 Å². The topological polar surface area (TPSA) is 63.9 Å². The van der Waals surface area contributed by atoms with E-state index in [-0.39, 0.29) is 0 Å². The monoisotopic (exact) mass is 293 g/mol. The van der Waals surface area contributed by atoms with E-state index in [0.29, 0.717) is 16.6 Å². The maximum atomic E-state index is 5.81. The summed E-state index contributed by atoms with van der Waals surface area (Å²) in [7, 11) is 0. The van der Waals surface area contributed by atoms with E-state index in [1.54, 1.807) is 11.8 Å². The van der Waals surface area contributed by atoms with Crippen LogP contribution in [-0.2, 0) is 0 Å². The molecular formula is C13H15N3OS2. The van der Waals surface area contributed by atoms with E-state index in [0.717, 1.165) is 21.9 Å². The van der Waals surface area contributed by atoms with Gasteiger partial charge in [0.15, 0.2) is 0 Å². The zero-order valence-electron chi connectivity index (χ0n) is 10.8. The van der Waals surface area contributed by atoms with Gasteiger partial charge in [-0.05, 0) is 24.8 Å². The van der Waals surface area contributed by atoms with Gasteiger partial charge in [-0.1, -0.05) is 25.2 Å². The second-order valence-electron chi connectivity index (χ2n) is 3.92. The molecule has 0 saturated heterocycles. The molecular weight excluding hydrogens is 278 g/mol. The van der Waals surface area contributed by atoms with E-state index in [9.17, 15) is 0 Å². The number of rotatable bonds is 5. The summed E-state index contributed by atoms with van der Waals surface area (Å²) < 4.78 is 5.76. The lowest BCUT2D eigenvalue weighted by molar-refractivity contribution is 0.459. The molecule has 0 spiro atoms. The third kappa shape index (κ3) is 3.27. The highest BCUT2D eigenvalue weighted by atomic mass is 32.2. The molecule has 0 bridgehead atoms. The van der Waals surface area contributed by atoms with Gasteiger partial charge in [0.1, 0.15) is 10.7 Å². The van der Waals surface area contributed by atoms with Gasteiger partial charge < -0.3 is 10.5 Å². The molecule has 0 unspecified atom stereocenters. The number of aromatic amines is 1. The average Bonchev–Trinajstić information content (AvgIpc) is 2.75. The quantitative estimate of drug-likeness (QED) is 0.654. The van der Waals surface area contributed by atoms with Crippen LogP contribution >= 0.6 is 24.0 Å². The van der Waals surface area contributed by atoms with Crippen LogP contribution < -0.4 is 10.5 Å². The molecule has 1 heterocycles. The minimum atomic E-state index is 0.332. The van der Waals surface area contributed by atoms with Crippen LogP contribution in [0, 0.1) is 6.92 Å². The lowest BCUT2D eigenvalue weighted by atomic mass is 10.2. The summed E-state index contributed by atoms with van der Waals surface area (Å²) in [6.07, 6.45) is 0. The normalized spacial score (nSPS) is 10.4. The average molecular weight is 293 g/mol. The Labute approximate surface area is 121 Å². The van der Waals surface area contributed by atoms with E-state index >= 15 is 0 Å². The third-order valence-electron chi connectivity index (χ3n) is 2.43. The minimum Gasteiger partial charge on any atom is -0.437 e. The van der Waals surface area contributed by atoms with Crippen LogP contribution in [0.3, 0.4) is 0 Å². The number of thiocarbonyl (C=S) groups is 1. The summed E-state index contributed by atoms with van der Waals surface area (Å²) >= 11 is 6.81. The van der Waals surface area contributed by atoms with Gasteiger partial charge in [0.25, 0.3) is 0 Å². The number of nitrogens with two attached hydrogens (primary N) is 1. The van der Waals surface area contributed by atoms with E-state index in [1.165, 1.54) is 0 Å². The van der Waals surface area contributed by atoms with Crippen LogP contribution in [0.1, 0.15) is 18.2 Å². The number of ether oxygens (including phenoxy) is 1. The molecule has 2 rings (SSSR count). The summed E-state index contributed by atoms with van der Waals surface area (Å²) in [5, 5.41) is 6.88. The zero-order valence-corrected chi connectivity index (χ0v) is 12.4. The first-order chi connectivity index (χ1) is 9.11. The first kappa shape index (κ1) is 13.9. The minimum absolute atomic E-state index is 0.332. The summed E-state index contributed by atoms with van der Waals surface area (Å²) in [4.78, 5) is 1.36. The van der Waals surface area contributed by atoms with Gasteiger partial charge in [-0.25, -0.2) is 0 Å². The second-order valence-corrected chi connectivity index (χ2v) is 5.66. The molecule has 2 aromatic rings. The molecule has 1 aromatic heterocycles. The fraction of sp³-hybridized carbons (Fsp3) is 0.231. The number of aryl methyl sites for hydroxylation is 1. The van der Waals surface area contributed by atoms with Crippen molar-refractivity contribution in [1.29, 1.82) is 0 Å². The third-order valence-corrected chi connectivity index (χ3v) is 3.58. The van der Waals surface area contributed by atoms with Gasteiger partial charge in [0.05, 0.1) is 5.56 Å². The Kier molecular flexibility index (Phi) is 4.44. The van der Waals surface area contributed by atoms with Crippen molar-refractivity contribution in [3.63, 3.8) is 0 Å². The number of nitrogens with one attached hydrogen (secondary N) is 1. The fourth-order valence-electron chi connectivity index (χ4n) is 1.67. The largest absolute Gasteiger partial charge is 0.437 e. The smallest absolute Gasteiger partial charge is 0.238 e. The molecule has 0 aliphatic rings. The summed E-state index contributed by atoms with van der Waals surface area (Å²) in [6.45, 7) is 4.00. The van der Waals surface area contributed by atoms with Crippen LogP contribution in [0.4, 0.5) is 0 Å². The molecule has 19 heavy (non-hydrogen) atoms. The van der Waals surface area contributed by atoms with Gasteiger partial charge in [-0.3, -0.25) is 5.10 Å². The molecule has 3 N–H and O–H groups in total. The van der Waals surface area contributed by atoms with Crippen LogP contribution in [0.2, 0.25) is 0 Å². The molecule has 4 nitrogen and oxygen atoms in total. The van der Waals surface area contributed by atoms with Crippen molar-refractivity contribution < 1.29 is 4.74 Å². The van der Waals surface area contributed by atoms with E-state index in [1.807, 2.05) is 31.2 Å². The Bertz CT molecular complexity index is 595. The van der Waals surface area contributed by atoms with Crippen molar-refractivity contribution in [2.24, 2.45) is 5.73 Å². The maximum absolute atomic E-state index is 5.81. The first-order valence-corrected chi connectivity index (χ1v) is 7.26. The zero-order chi connectivity index (χ0) is 13.8. The number of nitrogens with zero attached hydrogens (tertiary/aromatic N) is 1. The Morgan fingerprint density at radius 3 is 2.89 bits per heavy atom. The molecule has 0 atom stereocenters. The summed E-state index contributed by atoms with van der Waals surface area (Å²) in [5.41, 5.74) is 7.52. The highest BCUT2D eigenvalue weighted by molar-refractivity contribution is 7.99. The van der Waals surface area contributed by atoms with Crippen LogP contribution in [-0.4, -0.2) is 20.9 Å². The maximum Gasteiger partial charge on any atom is 0.238 e. The van der Waals surface area contributed by atoms with E-state index < -0.39 is 0 Å². The molecule has 0 aliphatic heterocycles. The number of hydrogen-bond donors (Lipinski definition) is 2. The van der Waals surface area contributed by atoms with Crippen molar-refractivity contribution in [1.82, 2.24) is 10.2 Å². The van der Waals surface area contributed by atoms with Gasteiger partial charge in [-0.2, -0.15) is 0 Å². The standard InChI is InChI=1S/C13H15N3OS2/c1-3-19-10-6-4-5-9(12(10)13(14)18)17-11-7-8(2)15-16-11/h4-7H,3H2,1-2H3,(H2,14,18)(H,15,16). The predicted molar refractivity (Wildman–Crippen MR) is 82.1 cm³/mol. The van der Waals surface area contributed by atoms with Gasteiger partial charge >= 0.3 is 0 Å². The van der Waals surface area contributed by atoms with Gasteiger partial charge in [0.2, 0.25) is 5.88 Å². The number of benzene rings is 1. The number of hydrogen-bond acceptors (Lipinski definition) is 4. The molecule has 0 saturated carbocycles. The van der Waals surface area contributed by atoms with Crippen molar-refractivity contribution in [3.05, 3.63) is 35.5 Å². The lowest BCUT2D eigenvalue weighted by Crippen LogP contribution is -2.12. The molecule has 0 amide bonds. The van der Waals surface area contributed by atoms with Crippen molar-refractivity contribution in [2.75, 3.05) is 5.75 Å². The van der Waals surface area contributed by atoms with Crippen molar-refractivity contribution in [3.8, 4) is 11.6 Å². The van der Waals surface area contributed by atoms with E-state index in [4.69, 9.17) is 22.7 Å². The number of aromatic nitrogens is 2. The first-order valence-electron chi connectivity index (χ1n) is 5.87. The molecule has 6 heteroatoms. The van der Waals surface area contributed by atoms with E-state index in [2.05, 4.69) is 17.1 Å². The molecule has 100 valence electrons. The highest BCUT2D eigenvalue weighted by Gasteiger charge is 2.14. The Morgan fingerprint density at radius 2 is 2.32 bits per heavy atom. The Morgan fingerprint density at radius 1 is 1.53 bits per heavy atom. The molecule has 0 fully saturated rings. The van der Waals surface area contributed by atoms with Crippen molar-refractivity contribution in [2.45, 2.75) is 18.7 Å². The summed E-state index contributed by atoms with van der Waals surface area (Å²) in [6, 6.07) is 7.58. The Balaban J connectivity index is 2.38. The predicted octanol–water partition coefficient (Wildman–Crippen LogP) is 3.26. The number of H-pyrrole nitrogens is 1. The lowest BCUT2D eigenvalue weighted by Gasteiger charge is -2.12. The molecule has 0 aliphatic carbocycles. The molecule has 1 aromatic carbocycles. The van der Waals surface area contributed by atoms with Crippen molar-refractivity contribution >= 4 is 29.0 Å². The van der Waals surface area contributed by atoms with Gasteiger partial charge in [-0.15, -0.1) is 16.9 Å².